The van der Waals surface area contributed by atoms with Crippen LogP contribution in [0.1, 0.15) is 56.1 Å². The number of H-pyrrole nitrogens is 1. The Labute approximate surface area is 300 Å². The molecule has 0 bridgehead atoms. The monoisotopic (exact) mass is 729 g/mol. The summed E-state index contributed by atoms with van der Waals surface area (Å²) in [7, 11) is 5.18. The average molecular weight is 731 g/mol. The number of nitrogens with one attached hydrogen (secondary N) is 2. The Morgan fingerprint density at radius 3 is 2.33 bits per heavy atom. The van der Waals surface area contributed by atoms with Crippen LogP contribution in [0.4, 0.5) is 0 Å². The fourth-order valence-electron chi connectivity index (χ4n) is 5.62. The number of aromatic nitrogens is 1. The lowest BCUT2D eigenvalue weighted by molar-refractivity contribution is -0.377. The Kier molecular flexibility index (Phi) is 14.3. The van der Waals surface area contributed by atoms with Crippen molar-refractivity contribution >= 4 is 46.5 Å². The van der Waals surface area contributed by atoms with Gasteiger partial charge in [-0.05, 0) is 55.3 Å². The fraction of sp³-hybridized carbons (Fsp3) is 0.361. The molecule has 1 saturated heterocycles. The first kappa shape index (κ1) is 38.1. The lowest BCUT2D eigenvalue weighted by Crippen LogP contribution is -2.37. The maximum absolute atomic E-state index is 13.5. The molecule has 0 radical (unpaired) electrons. The summed E-state index contributed by atoms with van der Waals surface area (Å²) in [5, 5.41) is 4.26. The average Bonchev–Trinajstić information content (AvgIpc) is 3.58. The van der Waals surface area contributed by atoms with Crippen molar-refractivity contribution in [2.45, 2.75) is 43.9 Å². The Morgan fingerprint density at radius 2 is 1.65 bits per heavy atom. The largest absolute Gasteiger partial charge is 0.870 e. The second-order valence-electron chi connectivity index (χ2n) is 11.6. The lowest BCUT2D eigenvalue weighted by Gasteiger charge is -2.30. The van der Waals surface area contributed by atoms with Gasteiger partial charge in [0.1, 0.15) is 27.1 Å². The number of nitrogens with zero attached hydrogens (tertiary/aromatic N) is 1. The van der Waals surface area contributed by atoms with Gasteiger partial charge in [0, 0.05) is 43.0 Å². The number of carbonyl (C=O) groups excluding carboxylic acids is 2. The third-order valence-electron chi connectivity index (χ3n) is 8.36. The van der Waals surface area contributed by atoms with Gasteiger partial charge in [-0.3, -0.25) is 4.79 Å². The van der Waals surface area contributed by atoms with Crippen molar-refractivity contribution in [2.24, 2.45) is 0 Å². The Balaban J connectivity index is 0.00000541. The number of methoxy groups -OCH3 is 2. The van der Waals surface area contributed by atoms with Gasteiger partial charge in [-0.1, -0.05) is 59.6 Å². The number of halogens is 2. The van der Waals surface area contributed by atoms with E-state index in [0.29, 0.717) is 50.6 Å². The maximum Gasteiger partial charge on any atom is 0.348 e. The second-order valence-corrected chi connectivity index (χ2v) is 13.6. The summed E-state index contributed by atoms with van der Waals surface area (Å²) < 4.78 is 22.9. The van der Waals surface area contributed by atoms with Crippen LogP contribution in [0.3, 0.4) is 0 Å². The molecule has 4 aromatic rings. The van der Waals surface area contributed by atoms with E-state index in [1.54, 1.807) is 44.8 Å². The van der Waals surface area contributed by atoms with Crippen LogP contribution < -0.4 is 19.8 Å². The molecule has 13 heteroatoms. The molecule has 0 spiro atoms. The summed E-state index contributed by atoms with van der Waals surface area (Å²) in [6.45, 7) is 2.69. The van der Waals surface area contributed by atoms with Crippen molar-refractivity contribution in [3.05, 3.63) is 110 Å². The molecular weight excluding hydrogens is 689 g/mol. The molecule has 0 amide bonds. The smallest absolute Gasteiger partial charge is 0.348 e. The Morgan fingerprint density at radius 1 is 0.959 bits per heavy atom. The number of hydrogen-bond acceptors (Lipinski definition) is 10. The van der Waals surface area contributed by atoms with Gasteiger partial charge in [-0.2, -0.15) is 0 Å². The van der Waals surface area contributed by atoms with Crippen LogP contribution in [0.2, 0.25) is 10.0 Å². The van der Waals surface area contributed by atoms with Crippen molar-refractivity contribution in [2.75, 3.05) is 40.9 Å². The number of benzene rings is 2. The zero-order valence-corrected chi connectivity index (χ0v) is 29.9. The number of esters is 2. The topological polar surface area (TPSA) is 130 Å². The summed E-state index contributed by atoms with van der Waals surface area (Å²) >= 11 is 14.3. The molecule has 1 aliphatic heterocycles. The van der Waals surface area contributed by atoms with E-state index >= 15 is 0 Å². The van der Waals surface area contributed by atoms with E-state index in [1.807, 2.05) is 42.5 Å². The number of pyridine rings is 1. The molecule has 10 nitrogen and oxygen atoms in total. The van der Waals surface area contributed by atoms with Crippen LogP contribution >= 0.6 is 34.5 Å². The highest BCUT2D eigenvalue weighted by Crippen LogP contribution is 2.36. The number of thiophene rings is 1. The summed E-state index contributed by atoms with van der Waals surface area (Å²) in [6, 6.07) is 18.7. The quantitative estimate of drug-likeness (QED) is 0.147. The maximum atomic E-state index is 13.5. The Hall–Kier alpha value is -3.71. The highest BCUT2D eigenvalue weighted by molar-refractivity contribution is 7.13. The number of aromatic amines is 1. The van der Waals surface area contributed by atoms with Gasteiger partial charge in [-0.15, -0.1) is 11.3 Å². The second kappa shape index (κ2) is 18.3. The number of ether oxygens (including phenoxy) is 4. The van der Waals surface area contributed by atoms with Crippen LogP contribution in [-0.4, -0.2) is 69.3 Å². The SMILES string of the molecule is COc1ccc([C@H](Cc2c(Cl)c[nH+]cc2Cl)OC(=O)c2ccc(CNCC(C(=O)OC3CCN(C)CC3)c3ccccc3)s2)cc1OC.[OH-]. The van der Waals surface area contributed by atoms with E-state index in [0.717, 1.165) is 36.4 Å². The predicted octanol–water partition coefficient (Wildman–Crippen LogP) is 6.36. The number of rotatable bonds is 14. The molecule has 0 aliphatic carbocycles. The number of carbonyl (C=O) groups is 2. The van der Waals surface area contributed by atoms with E-state index in [2.05, 4.69) is 22.2 Å². The molecule has 262 valence electrons. The summed E-state index contributed by atoms with van der Waals surface area (Å²) in [5.74, 6) is -0.104. The van der Waals surface area contributed by atoms with E-state index < -0.39 is 18.0 Å². The summed E-state index contributed by atoms with van der Waals surface area (Å²) in [6.07, 6.45) is 4.38. The molecule has 0 saturated carbocycles. The van der Waals surface area contributed by atoms with Gasteiger partial charge in [0.25, 0.3) is 0 Å². The molecule has 1 unspecified atom stereocenters. The standard InChI is InChI=1S/C36H39Cl2N3O6S.H2O/c1-41-15-13-25(14-16-41)46-35(42)28(23-7-5-4-6-8-23)20-39-19-26-10-12-34(48-26)36(43)47-32(18-27-29(37)21-40-22-30(27)38)24-9-11-31(44-2)33(17-24)45-3;/h4-12,17,21-22,25,28,32,39H,13-16,18-20H2,1-3H3;1H2/t28?,32-;/m0./s1. The minimum Gasteiger partial charge on any atom is -0.870 e. The van der Waals surface area contributed by atoms with Crippen LogP contribution in [0, 0.1) is 0 Å². The van der Waals surface area contributed by atoms with Crippen molar-refractivity contribution in [1.82, 2.24) is 10.2 Å². The van der Waals surface area contributed by atoms with Crippen molar-refractivity contribution in [1.29, 1.82) is 0 Å². The van der Waals surface area contributed by atoms with Crippen molar-refractivity contribution in [3.8, 4) is 11.5 Å². The predicted molar refractivity (Wildman–Crippen MR) is 188 cm³/mol. The first-order valence-corrected chi connectivity index (χ1v) is 17.3. The molecule has 1 fully saturated rings. The van der Waals surface area contributed by atoms with Gasteiger partial charge in [0.2, 0.25) is 0 Å². The molecule has 3 heterocycles. The summed E-state index contributed by atoms with van der Waals surface area (Å²) in [5.41, 5.74) is 2.23. The molecular formula is C36H41Cl2N3O7S. The summed E-state index contributed by atoms with van der Waals surface area (Å²) in [4.78, 5) is 33.4. The van der Waals surface area contributed by atoms with Gasteiger partial charge >= 0.3 is 11.9 Å². The number of likely N-dealkylation sites (tertiary alicyclic amines) is 1. The number of piperidine rings is 1. The Bertz CT molecular complexity index is 1660. The normalized spacial score (nSPS) is 14.7. The molecule has 2 atom stereocenters. The minimum atomic E-state index is -0.722. The van der Waals surface area contributed by atoms with Crippen LogP contribution in [0.15, 0.2) is 73.1 Å². The highest BCUT2D eigenvalue weighted by atomic mass is 35.5. The van der Waals surface area contributed by atoms with Crippen molar-refractivity contribution < 1.29 is 39.0 Å². The molecule has 49 heavy (non-hydrogen) atoms. The third kappa shape index (κ3) is 10.2. The van der Waals surface area contributed by atoms with E-state index in [9.17, 15) is 9.59 Å². The van der Waals surface area contributed by atoms with Crippen LogP contribution in [0.5, 0.6) is 11.5 Å². The van der Waals surface area contributed by atoms with Crippen LogP contribution in [-0.2, 0) is 27.2 Å². The number of hydrogen-bond donors (Lipinski definition) is 1. The fourth-order valence-corrected chi connectivity index (χ4v) is 7.01. The third-order valence-corrected chi connectivity index (χ3v) is 10.1. The van der Waals surface area contributed by atoms with Gasteiger partial charge in [-0.25, -0.2) is 9.78 Å². The molecule has 5 rings (SSSR count). The van der Waals surface area contributed by atoms with Crippen LogP contribution in [0.25, 0.3) is 0 Å². The van der Waals surface area contributed by atoms with E-state index in [1.165, 1.54) is 11.3 Å². The highest BCUT2D eigenvalue weighted by Gasteiger charge is 2.28. The van der Waals surface area contributed by atoms with Gasteiger partial charge < -0.3 is 34.6 Å². The van der Waals surface area contributed by atoms with Gasteiger partial charge in [0.05, 0.1) is 20.1 Å². The molecule has 2 aromatic heterocycles. The zero-order valence-electron chi connectivity index (χ0n) is 27.6. The molecule has 2 aromatic carbocycles. The molecule has 3 N–H and O–H groups in total. The van der Waals surface area contributed by atoms with E-state index in [4.69, 9.17) is 42.1 Å². The molecule has 1 aliphatic rings. The first-order valence-electron chi connectivity index (χ1n) is 15.8. The van der Waals surface area contributed by atoms with E-state index in [-0.39, 0.29) is 24.0 Å². The zero-order chi connectivity index (χ0) is 34.0. The van der Waals surface area contributed by atoms with Gasteiger partial charge in [0.15, 0.2) is 23.9 Å². The van der Waals surface area contributed by atoms with Crippen molar-refractivity contribution in [3.63, 3.8) is 0 Å². The first-order chi connectivity index (χ1) is 23.2. The lowest BCUT2D eigenvalue weighted by atomic mass is 9.98. The minimum absolute atomic E-state index is 0.